The topological polar surface area (TPSA) is 61.0 Å². The minimum atomic E-state index is -0.423. The van der Waals surface area contributed by atoms with Crippen molar-refractivity contribution in [3.05, 3.63) is 47.2 Å². The zero-order valence-electron chi connectivity index (χ0n) is 7.96. The van der Waals surface area contributed by atoms with E-state index in [2.05, 4.69) is 11.7 Å². The highest BCUT2D eigenvalue weighted by molar-refractivity contribution is 5.86. The Bertz CT molecular complexity index is 530. The number of fused-ring (bicyclic) bond motifs is 1. The van der Waals surface area contributed by atoms with E-state index in [0.29, 0.717) is 12.1 Å². The minimum Gasteiger partial charge on any atom is -0.267 e. The monoisotopic (exact) mass is 203 g/mol. The van der Waals surface area contributed by atoms with Crippen molar-refractivity contribution in [1.29, 1.82) is 0 Å². The number of rotatable bonds is 3. The molecule has 0 spiro atoms. The van der Waals surface area contributed by atoms with Gasteiger partial charge in [0.2, 0.25) is 0 Å². The maximum atomic E-state index is 10.7. The molecule has 0 bridgehead atoms. The first-order valence-corrected chi connectivity index (χ1v) is 4.44. The third kappa shape index (κ3) is 1.59. The van der Waals surface area contributed by atoms with Gasteiger partial charge < -0.3 is 0 Å². The van der Waals surface area contributed by atoms with Crippen LogP contribution in [0.5, 0.6) is 0 Å². The van der Waals surface area contributed by atoms with Gasteiger partial charge in [0.05, 0.1) is 11.5 Å². The quantitative estimate of drug-likeness (QED) is 0.436. The number of nitro benzene ring substituents is 1. The number of aromatic nitrogens is 2. The summed E-state index contributed by atoms with van der Waals surface area (Å²) in [4.78, 5) is 10.3. The van der Waals surface area contributed by atoms with Crippen molar-refractivity contribution in [3.8, 4) is 0 Å². The molecule has 1 heterocycles. The van der Waals surface area contributed by atoms with Crippen LogP contribution in [-0.2, 0) is 6.54 Å². The van der Waals surface area contributed by atoms with E-state index in [1.54, 1.807) is 29.1 Å². The van der Waals surface area contributed by atoms with E-state index in [0.717, 1.165) is 5.39 Å². The molecule has 2 rings (SSSR count). The maximum absolute atomic E-state index is 10.7. The van der Waals surface area contributed by atoms with E-state index < -0.39 is 4.92 Å². The van der Waals surface area contributed by atoms with Gasteiger partial charge in [-0.15, -0.1) is 6.58 Å². The SMILES string of the molecule is C=CCn1cc2cccc([N+](=O)[O-])c2n1. The Morgan fingerprint density at radius 1 is 1.60 bits per heavy atom. The zero-order valence-corrected chi connectivity index (χ0v) is 7.96. The number of nitro groups is 1. The highest BCUT2D eigenvalue weighted by atomic mass is 16.6. The normalized spacial score (nSPS) is 10.4. The Balaban J connectivity index is 2.64. The van der Waals surface area contributed by atoms with Crippen molar-refractivity contribution < 1.29 is 4.92 Å². The molecule has 0 aliphatic heterocycles. The average molecular weight is 203 g/mol. The molecule has 2 aromatic rings. The molecule has 15 heavy (non-hydrogen) atoms. The van der Waals surface area contributed by atoms with E-state index in [9.17, 15) is 10.1 Å². The van der Waals surface area contributed by atoms with Crippen LogP contribution in [0, 0.1) is 10.1 Å². The fraction of sp³-hybridized carbons (Fsp3) is 0.100. The van der Waals surface area contributed by atoms with Crippen LogP contribution in [0.1, 0.15) is 0 Å². The van der Waals surface area contributed by atoms with Crippen molar-refractivity contribution >= 4 is 16.6 Å². The van der Waals surface area contributed by atoms with E-state index in [1.807, 2.05) is 0 Å². The summed E-state index contributed by atoms with van der Waals surface area (Å²) in [5, 5.41) is 15.6. The Morgan fingerprint density at radius 3 is 3.07 bits per heavy atom. The number of allylic oxidation sites excluding steroid dienone is 1. The molecular weight excluding hydrogens is 194 g/mol. The fourth-order valence-electron chi connectivity index (χ4n) is 1.45. The van der Waals surface area contributed by atoms with Crippen LogP contribution >= 0.6 is 0 Å². The Hall–Kier alpha value is -2.17. The zero-order chi connectivity index (χ0) is 10.8. The van der Waals surface area contributed by atoms with Crippen LogP contribution in [0.15, 0.2) is 37.1 Å². The number of benzene rings is 1. The standard InChI is InChI=1S/C10H9N3O2/c1-2-6-12-7-8-4-3-5-9(13(14)15)10(8)11-12/h2-5,7H,1,6H2. The van der Waals surface area contributed by atoms with Gasteiger partial charge in [0.1, 0.15) is 0 Å². The van der Waals surface area contributed by atoms with E-state index >= 15 is 0 Å². The van der Waals surface area contributed by atoms with Crippen LogP contribution in [0.2, 0.25) is 0 Å². The summed E-state index contributed by atoms with van der Waals surface area (Å²) in [5.74, 6) is 0. The highest BCUT2D eigenvalue weighted by Crippen LogP contribution is 2.23. The van der Waals surface area contributed by atoms with E-state index in [4.69, 9.17) is 0 Å². The fourth-order valence-corrected chi connectivity index (χ4v) is 1.45. The summed E-state index contributed by atoms with van der Waals surface area (Å²) >= 11 is 0. The Morgan fingerprint density at radius 2 is 2.40 bits per heavy atom. The van der Waals surface area contributed by atoms with Gasteiger partial charge in [-0.2, -0.15) is 5.10 Å². The van der Waals surface area contributed by atoms with Gasteiger partial charge in [0.15, 0.2) is 5.52 Å². The first-order valence-electron chi connectivity index (χ1n) is 4.44. The number of nitrogens with zero attached hydrogens (tertiary/aromatic N) is 3. The molecule has 0 aliphatic carbocycles. The van der Waals surface area contributed by atoms with Gasteiger partial charge in [0, 0.05) is 17.6 Å². The molecule has 0 saturated carbocycles. The van der Waals surface area contributed by atoms with Crippen molar-refractivity contribution in [3.63, 3.8) is 0 Å². The molecule has 76 valence electrons. The lowest BCUT2D eigenvalue weighted by atomic mass is 10.2. The van der Waals surface area contributed by atoms with Gasteiger partial charge in [0.25, 0.3) is 5.69 Å². The highest BCUT2D eigenvalue weighted by Gasteiger charge is 2.13. The van der Waals surface area contributed by atoms with Crippen molar-refractivity contribution in [2.24, 2.45) is 0 Å². The van der Waals surface area contributed by atoms with Crippen molar-refractivity contribution in [1.82, 2.24) is 9.78 Å². The third-order valence-corrected chi connectivity index (χ3v) is 2.08. The average Bonchev–Trinajstić information content (AvgIpc) is 2.59. The van der Waals surface area contributed by atoms with Gasteiger partial charge in [-0.05, 0) is 0 Å². The van der Waals surface area contributed by atoms with Crippen LogP contribution in [0.4, 0.5) is 5.69 Å². The van der Waals surface area contributed by atoms with Crippen molar-refractivity contribution in [2.45, 2.75) is 6.54 Å². The molecule has 0 saturated heterocycles. The molecule has 0 N–H and O–H groups in total. The minimum absolute atomic E-state index is 0.0373. The van der Waals surface area contributed by atoms with Gasteiger partial charge in [-0.25, -0.2) is 0 Å². The molecule has 0 fully saturated rings. The summed E-state index contributed by atoms with van der Waals surface area (Å²) in [6, 6.07) is 4.91. The first-order chi connectivity index (χ1) is 7.22. The molecule has 0 aliphatic rings. The second-order valence-electron chi connectivity index (χ2n) is 3.11. The third-order valence-electron chi connectivity index (χ3n) is 2.08. The molecule has 0 atom stereocenters. The molecule has 1 aromatic carbocycles. The molecule has 0 radical (unpaired) electrons. The second-order valence-corrected chi connectivity index (χ2v) is 3.11. The summed E-state index contributed by atoms with van der Waals surface area (Å²) in [6.45, 7) is 4.14. The number of hydrogen-bond acceptors (Lipinski definition) is 3. The summed E-state index contributed by atoms with van der Waals surface area (Å²) in [6.07, 6.45) is 3.46. The second kappa shape index (κ2) is 3.53. The molecule has 1 aromatic heterocycles. The van der Waals surface area contributed by atoms with Crippen LogP contribution in [-0.4, -0.2) is 14.7 Å². The molecule has 5 heteroatoms. The van der Waals surface area contributed by atoms with Gasteiger partial charge >= 0.3 is 0 Å². The Labute approximate surface area is 85.8 Å². The Kier molecular flexibility index (Phi) is 2.21. The predicted octanol–water partition coefficient (Wildman–Crippen LogP) is 2.13. The lowest BCUT2D eigenvalue weighted by Gasteiger charge is -1.91. The summed E-state index contributed by atoms with van der Waals surface area (Å²) in [5.41, 5.74) is 0.458. The van der Waals surface area contributed by atoms with Crippen LogP contribution in [0.25, 0.3) is 10.9 Å². The molecule has 0 unspecified atom stereocenters. The summed E-state index contributed by atoms with van der Waals surface area (Å²) in [7, 11) is 0. The number of hydrogen-bond donors (Lipinski definition) is 0. The number of non-ortho nitro benzene ring substituents is 1. The molecule has 5 nitrogen and oxygen atoms in total. The van der Waals surface area contributed by atoms with E-state index in [-0.39, 0.29) is 5.69 Å². The lowest BCUT2D eigenvalue weighted by Crippen LogP contribution is -1.95. The van der Waals surface area contributed by atoms with Gasteiger partial charge in [-0.1, -0.05) is 18.2 Å². The molecular formula is C10H9N3O2. The predicted molar refractivity (Wildman–Crippen MR) is 56.6 cm³/mol. The smallest absolute Gasteiger partial charge is 0.267 e. The lowest BCUT2D eigenvalue weighted by molar-refractivity contribution is -0.383. The van der Waals surface area contributed by atoms with Crippen LogP contribution in [0.3, 0.4) is 0 Å². The van der Waals surface area contributed by atoms with Crippen LogP contribution < -0.4 is 0 Å². The van der Waals surface area contributed by atoms with E-state index in [1.165, 1.54) is 6.07 Å². The first kappa shape index (κ1) is 9.39. The van der Waals surface area contributed by atoms with Gasteiger partial charge in [-0.3, -0.25) is 14.8 Å². The molecule has 0 amide bonds. The maximum Gasteiger partial charge on any atom is 0.297 e. The largest absolute Gasteiger partial charge is 0.297 e. The van der Waals surface area contributed by atoms with Crippen molar-refractivity contribution in [2.75, 3.05) is 0 Å². The summed E-state index contributed by atoms with van der Waals surface area (Å²) < 4.78 is 1.63.